The number of aromatic nitrogens is 11. The number of aromatic amines is 3. The molecule has 9 N–H and O–H groups in total. The van der Waals surface area contributed by atoms with Gasteiger partial charge in [-0.1, -0.05) is 6.07 Å². The van der Waals surface area contributed by atoms with Crippen LogP contribution in [0.15, 0.2) is 158 Å². The summed E-state index contributed by atoms with van der Waals surface area (Å²) in [6, 6.07) is 23.7. The fraction of sp³-hybridized carbons (Fsp3) is 0.290. The summed E-state index contributed by atoms with van der Waals surface area (Å²) in [5.74, 6) is 0.877. The van der Waals surface area contributed by atoms with Crippen molar-refractivity contribution in [1.29, 1.82) is 15.8 Å². The number of oxazole rings is 2. The Hall–Kier alpha value is -10.8. The first-order valence-electron chi connectivity index (χ1n) is 32.2. The standard InChI is InChI=1S/C24H23N5O4S.C23H22N6O4S.C22H20N6O3S2/c25-11-15-2-1-3-19(10-15)34(31,32)14-16-8-18(9-16)28-22-20-4-6-26-23(20)27-12-21(22)24-29-17(5-7-30)13-33-24;24-10-14-1-4-25-20(9-14)34(31,32)13-15-7-17(8-15)28-21-18-2-5-26-22(18)27-11-19(21)23-29-16(3-6-30)12-33-23;23-8-13-1-3-24-19(7-13)33(30,31)12-14-5-15(6-14)27-20-17-2-4-25-21(17)26-9-18(20)22-28-16(10-29)11-32-22/h1-4,6,10,12-13,16,18,30H,5,7-9,14H2,(H2,26,27,28);1-2,4-5,9,11-12,15,17,30H,3,6-8,13H2,(H2,26,27,28);1-4,7,9,11,14-15,29H,5-6,10,12H2,(H2,25,26,27). The van der Waals surface area contributed by atoms with Crippen molar-refractivity contribution in [2.24, 2.45) is 17.8 Å². The zero-order valence-electron chi connectivity index (χ0n) is 53.7. The number of nitriles is 3. The van der Waals surface area contributed by atoms with Crippen LogP contribution in [0.25, 0.3) is 66.6 Å². The molecule has 0 amide bonds. The van der Waals surface area contributed by atoms with Gasteiger partial charge in [-0.25, -0.2) is 65.1 Å². The van der Waals surface area contributed by atoms with Crippen LogP contribution in [0.3, 0.4) is 0 Å². The van der Waals surface area contributed by atoms with Gasteiger partial charge in [-0.05, 0) is 117 Å². The molecule has 15 rings (SSSR count). The molecule has 3 fully saturated rings. The van der Waals surface area contributed by atoms with Crippen LogP contribution in [0.5, 0.6) is 0 Å². The SMILES string of the molecule is N#Cc1cccc(S(=O)(=O)CC2CC(Nc3c(-c4nc(CCO)co4)cnc4[nH]ccc34)C2)c1.N#Cc1ccnc(S(=O)(=O)CC2CC(Nc3c(-c4nc(CCO)co4)cnc4[nH]ccc34)C2)c1.N#Cc1ccnc(S(=O)(=O)CC2CC(Nc3c(-c4nc(CO)cs4)cnc4[nH]ccc34)C2)c1. The number of pyridine rings is 5. The van der Waals surface area contributed by atoms with Gasteiger partial charge in [-0.15, -0.1) is 11.3 Å². The third-order valence-electron chi connectivity index (χ3n) is 17.8. The highest BCUT2D eigenvalue weighted by Gasteiger charge is 2.38. The molecule has 11 heterocycles. The number of aliphatic hydroxyl groups is 3. The number of nitrogens with one attached hydrogen (secondary N) is 6. The van der Waals surface area contributed by atoms with Gasteiger partial charge in [0, 0.05) is 115 Å². The van der Waals surface area contributed by atoms with Crippen LogP contribution < -0.4 is 16.0 Å². The van der Waals surface area contributed by atoms with E-state index in [4.69, 9.17) is 34.8 Å². The molecular formula is C69H65N17O11S4. The molecule has 28 nitrogen and oxygen atoms in total. The van der Waals surface area contributed by atoms with Crippen LogP contribution >= 0.6 is 11.3 Å². The van der Waals surface area contributed by atoms with Crippen LogP contribution in [0.4, 0.5) is 17.1 Å². The van der Waals surface area contributed by atoms with E-state index in [1.807, 2.05) is 54.2 Å². The molecule has 0 radical (unpaired) electrons. The Morgan fingerprint density at radius 3 is 1.34 bits per heavy atom. The minimum Gasteiger partial charge on any atom is -0.444 e. The molecule has 3 saturated carbocycles. The molecule has 11 aromatic heterocycles. The van der Waals surface area contributed by atoms with Gasteiger partial charge in [0.2, 0.25) is 11.8 Å². The lowest BCUT2D eigenvalue weighted by atomic mass is 9.81. The zero-order chi connectivity index (χ0) is 70.4. The molecule has 32 heteroatoms. The summed E-state index contributed by atoms with van der Waals surface area (Å²) in [7, 11) is -10.6. The summed E-state index contributed by atoms with van der Waals surface area (Å²) in [5.41, 5.74) is 9.81. The van der Waals surface area contributed by atoms with Gasteiger partial charge >= 0.3 is 0 Å². The lowest BCUT2D eigenvalue weighted by Gasteiger charge is -2.36. The molecule has 1 aromatic carbocycles. The quantitative estimate of drug-likeness (QED) is 0.0288. The molecule has 0 unspecified atom stereocenters. The van der Waals surface area contributed by atoms with Crippen LogP contribution in [-0.4, -0.2) is 144 Å². The van der Waals surface area contributed by atoms with Gasteiger partial charge in [0.15, 0.2) is 39.6 Å². The molecule has 3 aliphatic carbocycles. The molecule has 101 heavy (non-hydrogen) atoms. The minimum atomic E-state index is -3.58. The topological polar surface area (TPSA) is 447 Å². The number of nitrogens with zero attached hydrogens (tertiary/aromatic N) is 11. The van der Waals surface area contributed by atoms with Gasteiger partial charge in [0.25, 0.3) is 0 Å². The number of hydrogen-bond donors (Lipinski definition) is 9. The molecule has 516 valence electrons. The molecule has 0 spiro atoms. The number of H-pyrrole nitrogens is 3. The lowest BCUT2D eigenvalue weighted by molar-refractivity contribution is 0.278. The van der Waals surface area contributed by atoms with Crippen molar-refractivity contribution in [3.8, 4) is 51.7 Å². The molecule has 3 aliphatic rings. The number of fused-ring (bicyclic) bond motifs is 3. The van der Waals surface area contributed by atoms with E-state index in [0.717, 1.165) is 60.7 Å². The number of sulfone groups is 3. The van der Waals surface area contributed by atoms with E-state index < -0.39 is 29.5 Å². The molecule has 0 aliphatic heterocycles. The summed E-state index contributed by atoms with van der Waals surface area (Å²) in [5, 5.41) is 70.6. The van der Waals surface area contributed by atoms with Crippen LogP contribution in [0, 0.1) is 51.7 Å². The number of rotatable bonds is 23. The molecule has 12 aromatic rings. The summed E-state index contributed by atoms with van der Waals surface area (Å²) in [6.45, 7) is -0.155. The van der Waals surface area contributed by atoms with Crippen molar-refractivity contribution in [1.82, 2.24) is 54.8 Å². The molecule has 0 atom stereocenters. The number of thiazole rings is 1. The van der Waals surface area contributed by atoms with Crippen LogP contribution in [-0.2, 0) is 49.0 Å². The number of anilines is 3. The second-order valence-electron chi connectivity index (χ2n) is 24.9. The predicted molar refractivity (Wildman–Crippen MR) is 374 cm³/mol. The van der Waals surface area contributed by atoms with E-state index in [1.165, 1.54) is 72.7 Å². The highest BCUT2D eigenvalue weighted by Crippen LogP contribution is 2.43. The Labute approximate surface area is 582 Å². The third kappa shape index (κ3) is 15.4. The van der Waals surface area contributed by atoms with Crippen molar-refractivity contribution in [2.75, 3.05) is 46.4 Å². The maximum absolute atomic E-state index is 12.8. The average Bonchev–Trinajstić information content (AvgIpc) is 1.75. The first-order valence-corrected chi connectivity index (χ1v) is 38.0. The Morgan fingerprint density at radius 1 is 0.505 bits per heavy atom. The normalized spacial score (nSPS) is 17.9. The van der Waals surface area contributed by atoms with E-state index in [-0.39, 0.29) is 99.0 Å². The minimum absolute atomic E-state index is 0.00215. The Balaban J connectivity index is 0.000000135. The summed E-state index contributed by atoms with van der Waals surface area (Å²) in [6.07, 6.45) is 21.3. The van der Waals surface area contributed by atoms with Crippen molar-refractivity contribution >= 4 is 91.0 Å². The summed E-state index contributed by atoms with van der Waals surface area (Å²) >= 11 is 1.44. The van der Waals surface area contributed by atoms with Gasteiger partial charge in [0.05, 0.1) is 114 Å². The number of aliphatic hydroxyl groups excluding tert-OH is 3. The van der Waals surface area contributed by atoms with E-state index >= 15 is 0 Å². The highest BCUT2D eigenvalue weighted by atomic mass is 32.2. The van der Waals surface area contributed by atoms with Crippen molar-refractivity contribution in [2.45, 2.75) is 91.0 Å². The Bertz CT molecular complexity index is 5270. The van der Waals surface area contributed by atoms with E-state index in [1.54, 1.807) is 36.9 Å². The van der Waals surface area contributed by atoms with Gasteiger partial charge in [0.1, 0.15) is 34.5 Å². The predicted octanol–water partition coefficient (Wildman–Crippen LogP) is 9.08. The van der Waals surface area contributed by atoms with E-state index in [2.05, 4.69) is 70.8 Å². The Morgan fingerprint density at radius 2 is 0.921 bits per heavy atom. The highest BCUT2D eigenvalue weighted by molar-refractivity contribution is 7.92. The van der Waals surface area contributed by atoms with Gasteiger partial charge < -0.3 is 55.1 Å². The second-order valence-corrected chi connectivity index (χ2v) is 31.8. The van der Waals surface area contributed by atoms with E-state index in [9.17, 15) is 30.4 Å². The molecular weight excluding hydrogens is 1370 g/mol. The maximum Gasteiger partial charge on any atom is 0.229 e. The fourth-order valence-electron chi connectivity index (χ4n) is 12.6. The van der Waals surface area contributed by atoms with Gasteiger partial charge in [-0.3, -0.25) is 0 Å². The van der Waals surface area contributed by atoms with Crippen molar-refractivity contribution < 1.29 is 49.4 Å². The molecule has 0 saturated heterocycles. The monoisotopic (exact) mass is 1440 g/mol. The molecule has 0 bridgehead atoms. The lowest BCUT2D eigenvalue weighted by Crippen LogP contribution is -2.39. The average molecular weight is 1440 g/mol. The van der Waals surface area contributed by atoms with Crippen LogP contribution in [0.1, 0.15) is 72.3 Å². The number of benzene rings is 1. The first kappa shape index (κ1) is 68.8. The van der Waals surface area contributed by atoms with Gasteiger partial charge in [-0.2, -0.15) is 15.8 Å². The summed E-state index contributed by atoms with van der Waals surface area (Å²) in [4.78, 5) is 44.2. The first-order chi connectivity index (χ1) is 48.9. The zero-order valence-corrected chi connectivity index (χ0v) is 57.0. The second kappa shape index (κ2) is 29.6. The maximum atomic E-state index is 12.8. The van der Waals surface area contributed by atoms with E-state index in [0.29, 0.717) is 96.9 Å². The largest absolute Gasteiger partial charge is 0.444 e. The number of hydrogen-bond acceptors (Lipinski definition) is 26. The third-order valence-corrected chi connectivity index (χ3v) is 24.2. The van der Waals surface area contributed by atoms with Crippen molar-refractivity contribution in [3.63, 3.8) is 0 Å². The Kier molecular flexibility index (Phi) is 20.1. The summed E-state index contributed by atoms with van der Waals surface area (Å²) < 4.78 is 87.9. The van der Waals surface area contributed by atoms with Crippen LogP contribution in [0.2, 0.25) is 0 Å². The fourth-order valence-corrected chi connectivity index (χ4v) is 18.3. The van der Waals surface area contributed by atoms with Crippen molar-refractivity contribution in [3.05, 3.63) is 168 Å². The smallest absolute Gasteiger partial charge is 0.229 e.